The number of ether oxygens (including phenoxy) is 1. The molecule has 0 aliphatic carbocycles. The molecule has 1 unspecified atom stereocenters. The maximum atomic E-state index is 5.98. The maximum Gasteiger partial charge on any atom is 0.0669 e. The standard InChI is InChI=1S/C12H16ClNOS/c13-10-4-3-9(7-14)12(6-10)16-8-11-2-1-5-15-11/h3-4,6,11H,1-2,5,7-8,14H2. The molecule has 1 aromatic rings. The van der Waals surface area contributed by atoms with Gasteiger partial charge in [0.25, 0.3) is 0 Å². The van der Waals surface area contributed by atoms with Crippen LogP contribution >= 0.6 is 23.4 Å². The van der Waals surface area contributed by atoms with Gasteiger partial charge in [0, 0.05) is 28.8 Å². The van der Waals surface area contributed by atoms with Gasteiger partial charge in [-0.1, -0.05) is 17.7 Å². The van der Waals surface area contributed by atoms with Crippen molar-refractivity contribution in [3.05, 3.63) is 28.8 Å². The molecule has 0 amide bonds. The third-order valence-corrected chi connectivity index (χ3v) is 4.16. The minimum Gasteiger partial charge on any atom is -0.377 e. The molecular formula is C12H16ClNOS. The predicted molar refractivity (Wildman–Crippen MR) is 69.0 cm³/mol. The molecule has 1 saturated heterocycles. The molecule has 0 bridgehead atoms. The lowest BCUT2D eigenvalue weighted by atomic mass is 10.2. The highest BCUT2D eigenvalue weighted by atomic mass is 35.5. The number of benzene rings is 1. The zero-order valence-electron chi connectivity index (χ0n) is 9.12. The van der Waals surface area contributed by atoms with Gasteiger partial charge < -0.3 is 10.5 Å². The molecule has 1 aliphatic heterocycles. The van der Waals surface area contributed by atoms with Crippen molar-refractivity contribution < 1.29 is 4.74 Å². The first-order valence-electron chi connectivity index (χ1n) is 5.52. The zero-order chi connectivity index (χ0) is 11.4. The van der Waals surface area contributed by atoms with E-state index in [2.05, 4.69) is 0 Å². The van der Waals surface area contributed by atoms with Gasteiger partial charge in [-0.05, 0) is 30.5 Å². The maximum absolute atomic E-state index is 5.98. The van der Waals surface area contributed by atoms with Crippen LogP contribution in [0.25, 0.3) is 0 Å². The highest BCUT2D eigenvalue weighted by Crippen LogP contribution is 2.28. The molecule has 2 N–H and O–H groups in total. The summed E-state index contributed by atoms with van der Waals surface area (Å²) in [5, 5.41) is 0.770. The van der Waals surface area contributed by atoms with Crippen molar-refractivity contribution in [2.24, 2.45) is 5.73 Å². The van der Waals surface area contributed by atoms with Gasteiger partial charge in [0.2, 0.25) is 0 Å². The third-order valence-electron chi connectivity index (χ3n) is 2.70. The Hall–Kier alpha value is -0.220. The summed E-state index contributed by atoms with van der Waals surface area (Å²) in [7, 11) is 0. The average Bonchev–Trinajstić information content (AvgIpc) is 2.79. The monoisotopic (exact) mass is 257 g/mol. The van der Waals surface area contributed by atoms with E-state index in [-0.39, 0.29) is 0 Å². The Morgan fingerprint density at radius 2 is 2.38 bits per heavy atom. The highest BCUT2D eigenvalue weighted by Gasteiger charge is 2.16. The molecule has 2 rings (SSSR count). The molecular weight excluding hydrogens is 242 g/mol. The summed E-state index contributed by atoms with van der Waals surface area (Å²) in [6, 6.07) is 5.88. The van der Waals surface area contributed by atoms with Crippen molar-refractivity contribution in [1.29, 1.82) is 0 Å². The van der Waals surface area contributed by atoms with E-state index in [1.807, 2.05) is 18.2 Å². The van der Waals surface area contributed by atoms with Gasteiger partial charge in [-0.25, -0.2) is 0 Å². The van der Waals surface area contributed by atoms with E-state index >= 15 is 0 Å². The first-order valence-corrected chi connectivity index (χ1v) is 6.89. The second-order valence-electron chi connectivity index (χ2n) is 3.90. The van der Waals surface area contributed by atoms with E-state index in [0.29, 0.717) is 12.6 Å². The summed E-state index contributed by atoms with van der Waals surface area (Å²) in [6.45, 7) is 1.47. The topological polar surface area (TPSA) is 35.2 Å². The molecule has 16 heavy (non-hydrogen) atoms. The van der Waals surface area contributed by atoms with Gasteiger partial charge in [0.05, 0.1) is 6.10 Å². The summed E-state index contributed by atoms with van der Waals surface area (Å²) in [5.41, 5.74) is 6.86. The fourth-order valence-corrected chi connectivity index (χ4v) is 3.20. The number of nitrogens with two attached hydrogens (primary N) is 1. The van der Waals surface area contributed by atoms with Crippen molar-refractivity contribution in [2.45, 2.75) is 30.4 Å². The molecule has 2 nitrogen and oxygen atoms in total. The van der Waals surface area contributed by atoms with Gasteiger partial charge in [-0.3, -0.25) is 0 Å². The molecule has 0 radical (unpaired) electrons. The first kappa shape index (κ1) is 12.2. The Bertz CT molecular complexity index is 353. The van der Waals surface area contributed by atoms with E-state index in [0.717, 1.165) is 22.9 Å². The lowest BCUT2D eigenvalue weighted by molar-refractivity contribution is 0.129. The van der Waals surface area contributed by atoms with Crippen molar-refractivity contribution in [1.82, 2.24) is 0 Å². The largest absolute Gasteiger partial charge is 0.377 e. The first-order chi connectivity index (χ1) is 7.79. The Kier molecular flexibility index (Phi) is 4.53. The van der Waals surface area contributed by atoms with E-state index < -0.39 is 0 Å². The predicted octanol–water partition coefficient (Wildman–Crippen LogP) is 3.07. The SMILES string of the molecule is NCc1ccc(Cl)cc1SCC1CCCO1. The normalized spacial score (nSPS) is 20.2. The lowest BCUT2D eigenvalue weighted by Gasteiger charge is -2.11. The molecule has 1 aliphatic rings. The van der Waals surface area contributed by atoms with Gasteiger partial charge >= 0.3 is 0 Å². The second-order valence-corrected chi connectivity index (χ2v) is 5.40. The smallest absolute Gasteiger partial charge is 0.0669 e. The van der Waals surface area contributed by atoms with E-state index in [1.54, 1.807) is 11.8 Å². The number of hydrogen-bond donors (Lipinski definition) is 1. The van der Waals surface area contributed by atoms with Crippen molar-refractivity contribution in [2.75, 3.05) is 12.4 Å². The molecule has 1 heterocycles. The van der Waals surface area contributed by atoms with Crippen molar-refractivity contribution in [3.8, 4) is 0 Å². The van der Waals surface area contributed by atoms with Crippen LogP contribution in [0.3, 0.4) is 0 Å². The fourth-order valence-electron chi connectivity index (χ4n) is 1.79. The van der Waals surface area contributed by atoms with Gasteiger partial charge in [0.1, 0.15) is 0 Å². The van der Waals surface area contributed by atoms with Crippen LogP contribution < -0.4 is 5.73 Å². The average molecular weight is 258 g/mol. The van der Waals surface area contributed by atoms with Gasteiger partial charge in [-0.2, -0.15) is 0 Å². The van der Waals surface area contributed by atoms with Crippen LogP contribution in [0.1, 0.15) is 18.4 Å². The number of rotatable bonds is 4. The van der Waals surface area contributed by atoms with Crippen LogP contribution in [0.15, 0.2) is 23.1 Å². The van der Waals surface area contributed by atoms with Crippen LogP contribution in [-0.2, 0) is 11.3 Å². The zero-order valence-corrected chi connectivity index (χ0v) is 10.7. The molecule has 0 aromatic heterocycles. The Labute approximate surface area is 105 Å². The quantitative estimate of drug-likeness (QED) is 0.842. The van der Waals surface area contributed by atoms with Crippen LogP contribution in [0.4, 0.5) is 0 Å². The molecule has 0 spiro atoms. The van der Waals surface area contributed by atoms with Crippen LogP contribution in [-0.4, -0.2) is 18.5 Å². The molecule has 88 valence electrons. The second kappa shape index (κ2) is 5.92. The molecule has 1 aromatic carbocycles. The van der Waals surface area contributed by atoms with E-state index in [9.17, 15) is 0 Å². The van der Waals surface area contributed by atoms with Crippen molar-refractivity contribution in [3.63, 3.8) is 0 Å². The minimum absolute atomic E-state index is 0.398. The third kappa shape index (κ3) is 3.14. The number of thioether (sulfide) groups is 1. The van der Waals surface area contributed by atoms with E-state index in [4.69, 9.17) is 22.1 Å². The molecule has 0 saturated carbocycles. The number of halogens is 1. The van der Waals surface area contributed by atoms with E-state index in [1.165, 1.54) is 17.7 Å². The Morgan fingerprint density at radius 1 is 1.50 bits per heavy atom. The minimum atomic E-state index is 0.398. The Morgan fingerprint density at radius 3 is 3.06 bits per heavy atom. The molecule has 4 heteroatoms. The summed E-state index contributed by atoms with van der Waals surface area (Å²) in [5.74, 6) is 0.993. The summed E-state index contributed by atoms with van der Waals surface area (Å²) in [4.78, 5) is 1.19. The van der Waals surface area contributed by atoms with Crippen LogP contribution in [0, 0.1) is 0 Å². The summed E-state index contributed by atoms with van der Waals surface area (Å²) < 4.78 is 5.59. The Balaban J connectivity index is 1.98. The number of hydrogen-bond acceptors (Lipinski definition) is 3. The van der Waals surface area contributed by atoms with Crippen molar-refractivity contribution >= 4 is 23.4 Å². The molecule has 1 fully saturated rings. The van der Waals surface area contributed by atoms with Gasteiger partial charge in [-0.15, -0.1) is 11.8 Å². The van der Waals surface area contributed by atoms with Crippen LogP contribution in [0.5, 0.6) is 0 Å². The fraction of sp³-hybridized carbons (Fsp3) is 0.500. The lowest BCUT2D eigenvalue weighted by Crippen LogP contribution is -2.08. The summed E-state index contributed by atoms with van der Waals surface area (Å²) >= 11 is 7.78. The summed E-state index contributed by atoms with van der Waals surface area (Å²) in [6.07, 6.45) is 2.75. The van der Waals surface area contributed by atoms with Gasteiger partial charge in [0.15, 0.2) is 0 Å². The molecule has 1 atom stereocenters. The highest BCUT2D eigenvalue weighted by molar-refractivity contribution is 7.99. The van der Waals surface area contributed by atoms with Crippen LogP contribution in [0.2, 0.25) is 5.02 Å².